The van der Waals surface area contributed by atoms with Crippen molar-refractivity contribution >= 4 is 29.3 Å². The molecule has 0 aliphatic heterocycles. The molecule has 0 aromatic heterocycles. The van der Waals surface area contributed by atoms with Gasteiger partial charge in [-0.3, -0.25) is 9.59 Å². The average Bonchev–Trinajstić information content (AvgIpc) is 2.59. The number of thioether (sulfide) groups is 1. The SMILES string of the molecule is Cc1ccc(NC(=O)CSc2ccccc2C(=O)NCC(F)(F)F)cc1. The number of rotatable bonds is 6. The lowest BCUT2D eigenvalue weighted by atomic mass is 10.2. The van der Waals surface area contributed by atoms with Crippen LogP contribution in [0.2, 0.25) is 0 Å². The van der Waals surface area contributed by atoms with Crippen molar-refractivity contribution in [1.82, 2.24) is 5.32 Å². The minimum atomic E-state index is -4.48. The van der Waals surface area contributed by atoms with E-state index in [1.165, 1.54) is 6.07 Å². The highest BCUT2D eigenvalue weighted by Crippen LogP contribution is 2.23. The van der Waals surface area contributed by atoms with E-state index < -0.39 is 18.6 Å². The Morgan fingerprint density at radius 1 is 1.04 bits per heavy atom. The van der Waals surface area contributed by atoms with E-state index in [0.29, 0.717) is 10.6 Å². The fourth-order valence-electron chi connectivity index (χ4n) is 2.03. The van der Waals surface area contributed by atoms with Crippen LogP contribution in [0, 0.1) is 6.92 Å². The molecule has 4 nitrogen and oxygen atoms in total. The molecule has 0 saturated heterocycles. The molecule has 26 heavy (non-hydrogen) atoms. The molecule has 0 radical (unpaired) electrons. The summed E-state index contributed by atoms with van der Waals surface area (Å²) in [7, 11) is 0. The first kappa shape index (κ1) is 19.8. The Morgan fingerprint density at radius 2 is 1.69 bits per heavy atom. The van der Waals surface area contributed by atoms with Gasteiger partial charge in [0.05, 0.1) is 11.3 Å². The van der Waals surface area contributed by atoms with Gasteiger partial charge in [0.1, 0.15) is 6.54 Å². The van der Waals surface area contributed by atoms with Crippen molar-refractivity contribution in [3.63, 3.8) is 0 Å². The molecule has 2 rings (SSSR count). The van der Waals surface area contributed by atoms with Crippen LogP contribution >= 0.6 is 11.8 Å². The molecule has 138 valence electrons. The van der Waals surface area contributed by atoms with Crippen molar-refractivity contribution < 1.29 is 22.8 Å². The van der Waals surface area contributed by atoms with E-state index in [2.05, 4.69) is 5.32 Å². The highest BCUT2D eigenvalue weighted by atomic mass is 32.2. The van der Waals surface area contributed by atoms with Crippen LogP contribution in [0.3, 0.4) is 0 Å². The van der Waals surface area contributed by atoms with Gasteiger partial charge < -0.3 is 10.6 Å². The van der Waals surface area contributed by atoms with Gasteiger partial charge in [0.15, 0.2) is 0 Å². The van der Waals surface area contributed by atoms with Gasteiger partial charge in [-0.05, 0) is 31.2 Å². The average molecular weight is 382 g/mol. The summed E-state index contributed by atoms with van der Waals surface area (Å²) in [5.41, 5.74) is 1.82. The molecular weight excluding hydrogens is 365 g/mol. The summed E-state index contributed by atoms with van der Waals surface area (Å²) in [4.78, 5) is 24.4. The first-order chi connectivity index (χ1) is 12.2. The standard InChI is InChI=1S/C18H17F3N2O2S/c1-12-6-8-13(9-7-12)23-16(24)10-26-15-5-3-2-4-14(15)17(25)22-11-18(19,20)21/h2-9H,10-11H2,1H3,(H,22,25)(H,23,24). The highest BCUT2D eigenvalue weighted by molar-refractivity contribution is 8.00. The van der Waals surface area contributed by atoms with E-state index in [0.717, 1.165) is 17.3 Å². The molecule has 2 N–H and O–H groups in total. The van der Waals surface area contributed by atoms with E-state index in [1.54, 1.807) is 30.3 Å². The van der Waals surface area contributed by atoms with E-state index in [9.17, 15) is 22.8 Å². The van der Waals surface area contributed by atoms with Crippen molar-refractivity contribution in [2.75, 3.05) is 17.6 Å². The molecule has 0 fully saturated rings. The molecular formula is C18H17F3N2O2S. The molecule has 0 heterocycles. The zero-order chi connectivity index (χ0) is 19.2. The van der Waals surface area contributed by atoms with Crippen LogP contribution in [0.25, 0.3) is 0 Å². The van der Waals surface area contributed by atoms with Crippen LogP contribution in [0.4, 0.5) is 18.9 Å². The Labute approximate surface area is 153 Å². The largest absolute Gasteiger partial charge is 0.405 e. The second-order valence-electron chi connectivity index (χ2n) is 5.50. The van der Waals surface area contributed by atoms with Gasteiger partial charge >= 0.3 is 6.18 Å². The number of anilines is 1. The smallest absolute Gasteiger partial charge is 0.343 e. The van der Waals surface area contributed by atoms with Gasteiger partial charge in [-0.2, -0.15) is 13.2 Å². The molecule has 8 heteroatoms. The van der Waals surface area contributed by atoms with Crippen molar-refractivity contribution in [2.45, 2.75) is 18.0 Å². The van der Waals surface area contributed by atoms with Gasteiger partial charge in [0, 0.05) is 10.6 Å². The maximum atomic E-state index is 12.2. The lowest BCUT2D eigenvalue weighted by molar-refractivity contribution is -0.123. The normalized spacial score (nSPS) is 11.1. The zero-order valence-corrected chi connectivity index (χ0v) is 14.7. The van der Waals surface area contributed by atoms with Crippen molar-refractivity contribution in [3.8, 4) is 0 Å². The van der Waals surface area contributed by atoms with Crippen LogP contribution in [0.5, 0.6) is 0 Å². The molecule has 2 aromatic rings. The van der Waals surface area contributed by atoms with E-state index in [-0.39, 0.29) is 17.2 Å². The minimum Gasteiger partial charge on any atom is -0.343 e. The third-order valence-corrected chi connectivity index (χ3v) is 4.35. The number of aryl methyl sites for hydroxylation is 1. The maximum absolute atomic E-state index is 12.2. The molecule has 0 saturated carbocycles. The quantitative estimate of drug-likeness (QED) is 0.742. The third-order valence-electron chi connectivity index (χ3n) is 3.28. The van der Waals surface area contributed by atoms with Crippen molar-refractivity contribution in [1.29, 1.82) is 0 Å². The molecule has 0 spiro atoms. The van der Waals surface area contributed by atoms with Gasteiger partial charge in [-0.25, -0.2) is 0 Å². The fourth-order valence-corrected chi connectivity index (χ4v) is 2.88. The van der Waals surface area contributed by atoms with Gasteiger partial charge in [-0.15, -0.1) is 11.8 Å². The Balaban J connectivity index is 1.95. The molecule has 0 atom stereocenters. The van der Waals surface area contributed by atoms with Crippen molar-refractivity contribution in [2.24, 2.45) is 0 Å². The van der Waals surface area contributed by atoms with Gasteiger partial charge in [0.2, 0.25) is 5.91 Å². The Hall–Kier alpha value is -2.48. The summed E-state index contributed by atoms with van der Waals surface area (Å²) in [6.07, 6.45) is -4.48. The number of benzene rings is 2. The summed E-state index contributed by atoms with van der Waals surface area (Å²) in [6.45, 7) is 0.529. The number of alkyl halides is 3. The first-order valence-electron chi connectivity index (χ1n) is 7.68. The molecule has 0 unspecified atom stereocenters. The molecule has 2 aromatic carbocycles. The van der Waals surface area contributed by atoms with E-state index in [1.807, 2.05) is 24.4 Å². The number of carbonyl (C=O) groups excluding carboxylic acids is 2. The molecule has 2 amide bonds. The summed E-state index contributed by atoms with van der Waals surface area (Å²) in [6, 6.07) is 13.5. The second-order valence-corrected chi connectivity index (χ2v) is 6.51. The second kappa shape index (κ2) is 8.75. The predicted octanol–water partition coefficient (Wildman–Crippen LogP) is 4.02. The van der Waals surface area contributed by atoms with Crippen LogP contribution < -0.4 is 10.6 Å². The summed E-state index contributed by atoms with van der Waals surface area (Å²) >= 11 is 1.09. The fraction of sp³-hybridized carbons (Fsp3) is 0.222. The predicted molar refractivity (Wildman–Crippen MR) is 95.4 cm³/mol. The van der Waals surface area contributed by atoms with Gasteiger partial charge in [-0.1, -0.05) is 29.8 Å². The third kappa shape index (κ3) is 6.44. The topological polar surface area (TPSA) is 58.2 Å². The number of amides is 2. The number of nitrogens with one attached hydrogen (secondary N) is 2. The molecule has 0 aliphatic carbocycles. The summed E-state index contributed by atoms with van der Waals surface area (Å²) in [5.74, 6) is -1.08. The number of carbonyl (C=O) groups is 2. The Morgan fingerprint density at radius 3 is 2.35 bits per heavy atom. The molecule has 0 bridgehead atoms. The first-order valence-corrected chi connectivity index (χ1v) is 8.66. The number of halogens is 3. The van der Waals surface area contributed by atoms with Crippen LogP contribution in [0.15, 0.2) is 53.4 Å². The van der Waals surface area contributed by atoms with Gasteiger partial charge in [0.25, 0.3) is 5.91 Å². The lowest BCUT2D eigenvalue weighted by Crippen LogP contribution is -2.34. The van der Waals surface area contributed by atoms with Crippen LogP contribution in [-0.2, 0) is 4.79 Å². The van der Waals surface area contributed by atoms with Crippen molar-refractivity contribution in [3.05, 3.63) is 59.7 Å². The van der Waals surface area contributed by atoms with E-state index in [4.69, 9.17) is 0 Å². The minimum absolute atomic E-state index is 0.0252. The number of hydrogen-bond acceptors (Lipinski definition) is 3. The number of hydrogen-bond donors (Lipinski definition) is 2. The maximum Gasteiger partial charge on any atom is 0.405 e. The summed E-state index contributed by atoms with van der Waals surface area (Å²) < 4.78 is 36.7. The lowest BCUT2D eigenvalue weighted by Gasteiger charge is -2.11. The molecule has 0 aliphatic rings. The van der Waals surface area contributed by atoms with E-state index >= 15 is 0 Å². The van der Waals surface area contributed by atoms with Crippen LogP contribution in [0.1, 0.15) is 15.9 Å². The Kier molecular flexibility index (Phi) is 6.68. The zero-order valence-electron chi connectivity index (χ0n) is 13.9. The van der Waals surface area contributed by atoms with Crippen LogP contribution in [-0.4, -0.2) is 30.3 Å². The Bertz CT molecular complexity index is 777. The monoisotopic (exact) mass is 382 g/mol. The summed E-state index contributed by atoms with van der Waals surface area (Å²) in [5, 5.41) is 4.56. The highest BCUT2D eigenvalue weighted by Gasteiger charge is 2.28.